The van der Waals surface area contributed by atoms with Crippen LogP contribution in [0.25, 0.3) is 0 Å². The number of hydrogen-bond donors (Lipinski definition) is 1. The summed E-state index contributed by atoms with van der Waals surface area (Å²) < 4.78 is 0. The van der Waals surface area contributed by atoms with E-state index in [4.69, 9.17) is 23.2 Å². The molecule has 1 aliphatic rings. The van der Waals surface area contributed by atoms with Crippen molar-refractivity contribution in [2.24, 2.45) is 0 Å². The topological polar surface area (TPSA) is 40.5 Å². The van der Waals surface area contributed by atoms with E-state index in [2.05, 4.69) is 0 Å². The Hall–Kier alpha value is -0.770. The molecular weight excluding hydrogens is 249 g/mol. The number of halogens is 2. The minimum atomic E-state index is -0.421. The quantitative estimate of drug-likeness (QED) is 0.840. The molecule has 1 atom stereocenters. The Morgan fingerprint density at radius 1 is 1.44 bits per heavy atom. The Morgan fingerprint density at radius 2 is 2.19 bits per heavy atom. The number of aliphatic hydroxyl groups excluding tert-OH is 1. The molecule has 86 valence electrons. The fourth-order valence-electron chi connectivity index (χ4n) is 1.76. The molecule has 3 nitrogen and oxygen atoms in total. The lowest BCUT2D eigenvalue weighted by Crippen LogP contribution is -2.29. The molecule has 5 heteroatoms. The molecule has 16 heavy (non-hydrogen) atoms. The van der Waals surface area contributed by atoms with Crippen LogP contribution in [0.3, 0.4) is 0 Å². The summed E-state index contributed by atoms with van der Waals surface area (Å²) in [5.74, 6) is -0.154. The first-order valence-corrected chi connectivity index (χ1v) is 5.76. The van der Waals surface area contributed by atoms with Crippen LogP contribution < -0.4 is 0 Å². The smallest absolute Gasteiger partial charge is 0.255 e. The van der Waals surface area contributed by atoms with Crippen LogP contribution in [-0.4, -0.2) is 35.1 Å². The van der Waals surface area contributed by atoms with Gasteiger partial charge in [-0.2, -0.15) is 0 Å². The van der Waals surface area contributed by atoms with E-state index in [9.17, 15) is 9.90 Å². The summed E-state index contributed by atoms with van der Waals surface area (Å²) in [5, 5.41) is 10.2. The molecule has 0 bridgehead atoms. The van der Waals surface area contributed by atoms with Gasteiger partial charge in [0, 0.05) is 18.1 Å². The van der Waals surface area contributed by atoms with Crippen LogP contribution >= 0.6 is 23.2 Å². The predicted molar refractivity (Wildman–Crippen MR) is 63.0 cm³/mol. The van der Waals surface area contributed by atoms with Gasteiger partial charge in [0.05, 0.1) is 16.7 Å². The number of nitrogens with zero attached hydrogens (tertiary/aromatic N) is 1. The van der Waals surface area contributed by atoms with E-state index >= 15 is 0 Å². The van der Waals surface area contributed by atoms with Crippen LogP contribution in [0.15, 0.2) is 18.2 Å². The van der Waals surface area contributed by atoms with Gasteiger partial charge in [0.25, 0.3) is 5.91 Å². The zero-order valence-corrected chi connectivity index (χ0v) is 10.0. The van der Waals surface area contributed by atoms with Crippen molar-refractivity contribution >= 4 is 29.1 Å². The maximum atomic E-state index is 12.0. The highest BCUT2D eigenvalue weighted by atomic mass is 35.5. The second-order valence-electron chi connectivity index (χ2n) is 3.82. The van der Waals surface area contributed by atoms with Crippen LogP contribution in [0.1, 0.15) is 16.8 Å². The lowest BCUT2D eigenvalue weighted by molar-refractivity contribution is 0.0765. The zero-order valence-electron chi connectivity index (χ0n) is 8.49. The van der Waals surface area contributed by atoms with Gasteiger partial charge in [-0.05, 0) is 24.6 Å². The summed E-state index contributed by atoms with van der Waals surface area (Å²) in [7, 11) is 0. The molecule has 1 unspecified atom stereocenters. The summed E-state index contributed by atoms with van der Waals surface area (Å²) in [6.45, 7) is 0.941. The summed E-state index contributed by atoms with van der Waals surface area (Å²) in [5.41, 5.74) is 0.431. The Labute approximate surface area is 104 Å². The van der Waals surface area contributed by atoms with Gasteiger partial charge < -0.3 is 10.0 Å². The van der Waals surface area contributed by atoms with Gasteiger partial charge >= 0.3 is 0 Å². The van der Waals surface area contributed by atoms with Crippen LogP contribution in [0.2, 0.25) is 10.0 Å². The third-order valence-corrected chi connectivity index (χ3v) is 3.16. The third-order valence-electron chi connectivity index (χ3n) is 2.61. The highest BCUT2D eigenvalue weighted by Gasteiger charge is 2.26. The summed E-state index contributed by atoms with van der Waals surface area (Å²) in [6.07, 6.45) is 0.201. The van der Waals surface area contributed by atoms with E-state index in [-0.39, 0.29) is 5.91 Å². The number of hydrogen-bond acceptors (Lipinski definition) is 2. The molecule has 1 N–H and O–H groups in total. The van der Waals surface area contributed by atoms with Crippen LogP contribution in [0, 0.1) is 0 Å². The SMILES string of the molecule is O=C(c1ccc(Cl)cc1Cl)N1CCC(O)C1. The Balaban J connectivity index is 2.21. The third kappa shape index (κ3) is 2.32. The molecular formula is C11H11Cl2NO2. The maximum Gasteiger partial charge on any atom is 0.255 e. The molecule has 1 aliphatic heterocycles. The van der Waals surface area contributed by atoms with Crippen molar-refractivity contribution in [2.45, 2.75) is 12.5 Å². The summed E-state index contributed by atoms with van der Waals surface area (Å²) in [4.78, 5) is 13.6. The lowest BCUT2D eigenvalue weighted by Gasteiger charge is -2.16. The molecule has 0 saturated carbocycles. The normalized spacial score (nSPS) is 20.2. The van der Waals surface area contributed by atoms with Crippen molar-refractivity contribution in [1.82, 2.24) is 4.90 Å². The standard InChI is InChI=1S/C11H11Cl2NO2/c12-7-1-2-9(10(13)5-7)11(16)14-4-3-8(15)6-14/h1-2,5,8,15H,3-4,6H2. The number of amides is 1. The molecule has 1 saturated heterocycles. The second kappa shape index (κ2) is 4.62. The summed E-state index contributed by atoms with van der Waals surface area (Å²) >= 11 is 11.7. The van der Waals surface area contributed by atoms with Gasteiger partial charge in [-0.25, -0.2) is 0 Å². The molecule has 0 aliphatic carbocycles. The van der Waals surface area contributed by atoms with Crippen LogP contribution in [0.5, 0.6) is 0 Å². The zero-order chi connectivity index (χ0) is 11.7. The first-order chi connectivity index (χ1) is 7.58. The van der Waals surface area contributed by atoms with Crippen molar-refractivity contribution in [1.29, 1.82) is 0 Å². The number of likely N-dealkylation sites (tertiary alicyclic amines) is 1. The molecule has 2 rings (SSSR count). The average molecular weight is 260 g/mol. The van der Waals surface area contributed by atoms with Gasteiger partial charge in [-0.3, -0.25) is 4.79 Å². The number of β-amino-alcohol motifs (C(OH)–C–C–N with tert-alkyl or cyclic N) is 1. The minimum absolute atomic E-state index is 0.154. The molecule has 1 fully saturated rings. The Kier molecular flexibility index (Phi) is 3.38. The number of aliphatic hydroxyl groups is 1. The van der Waals surface area contributed by atoms with Crippen LogP contribution in [-0.2, 0) is 0 Å². The Bertz CT molecular complexity index is 422. The fourth-order valence-corrected chi connectivity index (χ4v) is 2.25. The molecule has 0 radical (unpaired) electrons. The van der Waals surface area contributed by atoms with Crippen molar-refractivity contribution in [2.75, 3.05) is 13.1 Å². The van der Waals surface area contributed by atoms with Gasteiger partial charge in [0.1, 0.15) is 0 Å². The van der Waals surface area contributed by atoms with Gasteiger partial charge in [0.2, 0.25) is 0 Å². The predicted octanol–water partition coefficient (Wildman–Crippen LogP) is 2.20. The molecule has 1 amide bonds. The van der Waals surface area contributed by atoms with Crippen LogP contribution in [0.4, 0.5) is 0 Å². The van der Waals surface area contributed by atoms with E-state index in [1.54, 1.807) is 23.1 Å². The van der Waals surface area contributed by atoms with E-state index < -0.39 is 6.10 Å². The maximum absolute atomic E-state index is 12.0. The second-order valence-corrected chi connectivity index (χ2v) is 4.66. The highest BCUT2D eigenvalue weighted by molar-refractivity contribution is 6.36. The number of carbonyl (C=O) groups is 1. The molecule has 1 aromatic rings. The molecule has 1 aromatic carbocycles. The largest absolute Gasteiger partial charge is 0.391 e. The number of benzene rings is 1. The molecule has 0 spiro atoms. The fraction of sp³-hybridized carbons (Fsp3) is 0.364. The van der Waals surface area contributed by atoms with Gasteiger partial charge in [-0.15, -0.1) is 0 Å². The first-order valence-electron chi connectivity index (χ1n) is 5.00. The minimum Gasteiger partial charge on any atom is -0.391 e. The summed E-state index contributed by atoms with van der Waals surface area (Å²) in [6, 6.07) is 4.79. The molecule has 1 heterocycles. The van der Waals surface area contributed by atoms with Crippen molar-refractivity contribution < 1.29 is 9.90 Å². The van der Waals surface area contributed by atoms with Gasteiger partial charge in [-0.1, -0.05) is 23.2 Å². The average Bonchev–Trinajstić information content (AvgIpc) is 2.64. The van der Waals surface area contributed by atoms with Gasteiger partial charge in [0.15, 0.2) is 0 Å². The van der Waals surface area contributed by atoms with E-state index in [1.807, 2.05) is 0 Å². The number of carbonyl (C=O) groups excluding carboxylic acids is 1. The van der Waals surface area contributed by atoms with E-state index in [0.717, 1.165) is 0 Å². The lowest BCUT2D eigenvalue weighted by atomic mass is 10.2. The first kappa shape index (κ1) is 11.7. The monoisotopic (exact) mass is 259 g/mol. The van der Waals surface area contributed by atoms with E-state index in [1.165, 1.54) is 0 Å². The molecule has 0 aromatic heterocycles. The van der Waals surface area contributed by atoms with E-state index in [0.29, 0.717) is 35.1 Å². The van der Waals surface area contributed by atoms with Crippen molar-refractivity contribution in [3.05, 3.63) is 33.8 Å². The van der Waals surface area contributed by atoms with Crippen molar-refractivity contribution in [3.63, 3.8) is 0 Å². The van der Waals surface area contributed by atoms with Crippen molar-refractivity contribution in [3.8, 4) is 0 Å². The highest BCUT2D eigenvalue weighted by Crippen LogP contribution is 2.23. The number of rotatable bonds is 1. The Morgan fingerprint density at radius 3 is 2.75 bits per heavy atom.